The van der Waals surface area contributed by atoms with Gasteiger partial charge in [0.2, 0.25) is 0 Å². The summed E-state index contributed by atoms with van der Waals surface area (Å²) in [5.74, 6) is 6.81. The first kappa shape index (κ1) is 15.9. The molecule has 5 heteroatoms. The summed E-state index contributed by atoms with van der Waals surface area (Å²) in [6, 6.07) is 1.74. The van der Waals surface area contributed by atoms with Crippen LogP contribution in [0.25, 0.3) is 0 Å². The molecule has 0 bridgehead atoms. The maximum atomic E-state index is 12.1. The highest BCUT2D eigenvalue weighted by atomic mass is 32.2. The first-order chi connectivity index (χ1) is 10.3. The second-order valence-electron chi connectivity index (χ2n) is 4.94. The molecule has 1 unspecified atom stereocenters. The first-order valence-electron chi connectivity index (χ1n) is 7.24. The highest BCUT2D eigenvalue weighted by Gasteiger charge is 2.15. The number of aliphatic hydroxyl groups is 1. The van der Waals surface area contributed by atoms with Crippen LogP contribution in [0.1, 0.15) is 41.6 Å². The Labute approximate surface area is 129 Å². The van der Waals surface area contributed by atoms with Crippen LogP contribution in [-0.4, -0.2) is 40.2 Å². The molecule has 0 saturated carbocycles. The molecule has 2 rings (SSSR count). The van der Waals surface area contributed by atoms with Gasteiger partial charge in [-0.25, -0.2) is 0 Å². The lowest BCUT2D eigenvalue weighted by atomic mass is 10.1. The maximum absolute atomic E-state index is 12.1. The van der Waals surface area contributed by atoms with Gasteiger partial charge < -0.3 is 10.4 Å². The molecule has 1 amide bonds. The predicted octanol–water partition coefficient (Wildman–Crippen LogP) is 1.83. The van der Waals surface area contributed by atoms with Crippen LogP contribution in [0.2, 0.25) is 0 Å². The number of aliphatic hydroxyl groups excluding tert-OH is 1. The molecular weight excluding hydrogens is 284 g/mol. The summed E-state index contributed by atoms with van der Waals surface area (Å²) in [7, 11) is 0. The van der Waals surface area contributed by atoms with Gasteiger partial charge in [0, 0.05) is 36.2 Å². The number of nitrogens with zero attached hydrogens (tertiary/aromatic N) is 1. The summed E-state index contributed by atoms with van der Waals surface area (Å²) in [6.07, 6.45) is 7.32. The van der Waals surface area contributed by atoms with E-state index in [1.807, 2.05) is 11.8 Å². The summed E-state index contributed by atoms with van der Waals surface area (Å²) < 4.78 is 0. The molecule has 1 aromatic rings. The molecule has 0 spiro atoms. The molecule has 0 aliphatic carbocycles. The SMILES string of the molecule is O=C(NCC1CCCCS1)c1cncc(C#CCCO)c1. The fourth-order valence-electron chi connectivity index (χ4n) is 2.13. The summed E-state index contributed by atoms with van der Waals surface area (Å²) in [4.78, 5) is 16.2. The largest absolute Gasteiger partial charge is 0.395 e. The summed E-state index contributed by atoms with van der Waals surface area (Å²) in [5.41, 5.74) is 1.23. The van der Waals surface area contributed by atoms with Crippen LogP contribution in [0.3, 0.4) is 0 Å². The Morgan fingerprint density at radius 1 is 1.48 bits per heavy atom. The normalized spacial score (nSPS) is 17.7. The zero-order chi connectivity index (χ0) is 14.9. The van der Waals surface area contributed by atoms with Crippen molar-refractivity contribution in [3.05, 3.63) is 29.6 Å². The minimum atomic E-state index is -0.0977. The number of hydrogen-bond acceptors (Lipinski definition) is 4. The molecule has 2 heterocycles. The van der Waals surface area contributed by atoms with Gasteiger partial charge in [0.1, 0.15) is 0 Å². The molecule has 1 saturated heterocycles. The van der Waals surface area contributed by atoms with Gasteiger partial charge in [-0.1, -0.05) is 18.3 Å². The summed E-state index contributed by atoms with van der Waals surface area (Å²) >= 11 is 1.94. The highest BCUT2D eigenvalue weighted by molar-refractivity contribution is 7.99. The third-order valence-corrected chi connectivity index (χ3v) is 4.63. The van der Waals surface area contributed by atoms with Crippen LogP contribution >= 0.6 is 11.8 Å². The van der Waals surface area contributed by atoms with E-state index in [2.05, 4.69) is 22.1 Å². The average Bonchev–Trinajstić information content (AvgIpc) is 2.54. The smallest absolute Gasteiger partial charge is 0.252 e. The minimum Gasteiger partial charge on any atom is -0.395 e. The maximum Gasteiger partial charge on any atom is 0.252 e. The van der Waals surface area contributed by atoms with Crippen LogP contribution in [0.5, 0.6) is 0 Å². The van der Waals surface area contributed by atoms with E-state index >= 15 is 0 Å². The molecule has 4 nitrogen and oxygen atoms in total. The van der Waals surface area contributed by atoms with Crippen molar-refractivity contribution in [3.8, 4) is 11.8 Å². The number of rotatable bonds is 4. The Morgan fingerprint density at radius 3 is 3.14 bits per heavy atom. The average molecular weight is 304 g/mol. The third kappa shape index (κ3) is 5.41. The molecule has 1 aliphatic heterocycles. The van der Waals surface area contributed by atoms with Crippen molar-refractivity contribution < 1.29 is 9.90 Å². The molecule has 0 radical (unpaired) electrons. The van der Waals surface area contributed by atoms with Crippen LogP contribution in [0.4, 0.5) is 0 Å². The van der Waals surface area contributed by atoms with Gasteiger partial charge in [0.15, 0.2) is 0 Å². The lowest BCUT2D eigenvalue weighted by molar-refractivity contribution is 0.0953. The Hall–Kier alpha value is -1.51. The van der Waals surface area contributed by atoms with E-state index in [-0.39, 0.29) is 12.5 Å². The molecule has 1 aromatic heterocycles. The van der Waals surface area contributed by atoms with E-state index in [4.69, 9.17) is 5.11 Å². The number of hydrogen-bond donors (Lipinski definition) is 2. The van der Waals surface area contributed by atoms with E-state index in [1.54, 1.807) is 18.5 Å². The van der Waals surface area contributed by atoms with Gasteiger partial charge in [0.25, 0.3) is 5.91 Å². The highest BCUT2D eigenvalue weighted by Crippen LogP contribution is 2.24. The van der Waals surface area contributed by atoms with E-state index in [0.29, 0.717) is 29.3 Å². The van der Waals surface area contributed by atoms with E-state index in [9.17, 15) is 4.79 Å². The number of nitrogens with one attached hydrogen (secondary N) is 1. The summed E-state index contributed by atoms with van der Waals surface area (Å²) in [6.45, 7) is 0.754. The van der Waals surface area contributed by atoms with Crippen molar-refractivity contribution >= 4 is 17.7 Å². The first-order valence-corrected chi connectivity index (χ1v) is 8.29. The van der Waals surface area contributed by atoms with Crippen molar-refractivity contribution in [2.75, 3.05) is 18.9 Å². The number of pyridine rings is 1. The lowest BCUT2D eigenvalue weighted by Gasteiger charge is -2.21. The monoisotopic (exact) mass is 304 g/mol. The molecule has 21 heavy (non-hydrogen) atoms. The van der Waals surface area contributed by atoms with Crippen molar-refractivity contribution in [3.63, 3.8) is 0 Å². The zero-order valence-corrected chi connectivity index (χ0v) is 12.8. The summed E-state index contributed by atoms with van der Waals surface area (Å²) in [5, 5.41) is 12.2. The van der Waals surface area contributed by atoms with Gasteiger partial charge in [0.05, 0.1) is 12.2 Å². The van der Waals surface area contributed by atoms with E-state index in [0.717, 1.165) is 0 Å². The molecule has 0 aromatic carbocycles. The molecule has 1 fully saturated rings. The minimum absolute atomic E-state index is 0.0413. The molecule has 1 aliphatic rings. The van der Waals surface area contributed by atoms with Crippen LogP contribution < -0.4 is 5.32 Å². The number of amides is 1. The quantitative estimate of drug-likeness (QED) is 0.833. The standard InChI is InChI=1S/C16H20N2O2S/c19-7-3-1-5-13-9-14(11-17-10-13)16(20)18-12-15-6-2-4-8-21-15/h9-11,15,19H,2-4,6-8,12H2,(H,18,20). The van der Waals surface area contributed by atoms with Gasteiger partial charge >= 0.3 is 0 Å². The Kier molecular flexibility index (Phi) is 6.58. The molecular formula is C16H20N2O2S. The number of aromatic nitrogens is 1. The van der Waals surface area contributed by atoms with Gasteiger partial charge in [-0.15, -0.1) is 0 Å². The van der Waals surface area contributed by atoms with E-state index in [1.165, 1.54) is 25.0 Å². The zero-order valence-electron chi connectivity index (χ0n) is 12.0. The Bertz CT molecular complexity index is 531. The molecule has 2 N–H and O–H groups in total. The fraction of sp³-hybridized carbons (Fsp3) is 0.500. The Balaban J connectivity index is 1.89. The van der Waals surface area contributed by atoms with E-state index < -0.39 is 0 Å². The van der Waals surface area contributed by atoms with Crippen molar-refractivity contribution in [2.45, 2.75) is 30.9 Å². The van der Waals surface area contributed by atoms with Crippen molar-refractivity contribution in [2.24, 2.45) is 0 Å². The van der Waals surface area contributed by atoms with Crippen molar-refractivity contribution in [1.29, 1.82) is 0 Å². The third-order valence-electron chi connectivity index (χ3n) is 3.23. The van der Waals surface area contributed by atoms with Gasteiger partial charge in [-0.3, -0.25) is 9.78 Å². The second-order valence-corrected chi connectivity index (χ2v) is 6.34. The number of carbonyl (C=O) groups excluding carboxylic acids is 1. The van der Waals surface area contributed by atoms with Gasteiger partial charge in [-0.05, 0) is 24.7 Å². The Morgan fingerprint density at radius 2 is 2.38 bits per heavy atom. The van der Waals surface area contributed by atoms with Gasteiger partial charge in [-0.2, -0.15) is 11.8 Å². The van der Waals surface area contributed by atoms with Crippen LogP contribution in [0, 0.1) is 11.8 Å². The van der Waals surface area contributed by atoms with Crippen LogP contribution in [0.15, 0.2) is 18.5 Å². The molecule has 112 valence electrons. The number of carbonyl (C=O) groups is 1. The molecule has 1 atom stereocenters. The fourth-order valence-corrected chi connectivity index (χ4v) is 3.37. The second kappa shape index (κ2) is 8.71. The lowest BCUT2D eigenvalue weighted by Crippen LogP contribution is -2.32. The topological polar surface area (TPSA) is 62.2 Å². The predicted molar refractivity (Wildman–Crippen MR) is 85.2 cm³/mol. The number of thioether (sulfide) groups is 1. The van der Waals surface area contributed by atoms with Crippen LogP contribution in [-0.2, 0) is 0 Å². The van der Waals surface area contributed by atoms with Crippen molar-refractivity contribution in [1.82, 2.24) is 10.3 Å².